The van der Waals surface area contributed by atoms with Crippen molar-refractivity contribution in [3.63, 3.8) is 0 Å². The molecule has 0 aliphatic carbocycles. The monoisotopic (exact) mass is 298 g/mol. The average Bonchev–Trinajstić information content (AvgIpc) is 2.49. The summed E-state index contributed by atoms with van der Waals surface area (Å²) in [5, 5.41) is 10.7. The predicted octanol–water partition coefficient (Wildman–Crippen LogP) is 2.72. The van der Waals surface area contributed by atoms with Gasteiger partial charge in [0.05, 0.1) is 16.2 Å². The van der Waals surface area contributed by atoms with E-state index in [0.717, 1.165) is 43.6 Å². The van der Waals surface area contributed by atoms with Gasteiger partial charge in [0.1, 0.15) is 4.99 Å². The van der Waals surface area contributed by atoms with Gasteiger partial charge in [-0.3, -0.25) is 0 Å². The summed E-state index contributed by atoms with van der Waals surface area (Å²) in [6.45, 7) is 3.55. The minimum Gasteiger partial charge on any atom is -0.390 e. The number of benzene rings is 1. The molecule has 1 heterocycles. The molecule has 1 aromatic carbocycles. The zero-order valence-corrected chi connectivity index (χ0v) is 12.6. The Hall–Kier alpha value is -0.840. The SMILES string of the molecule is CC1(O)CCCN(c2cccc(Cl)c2C(N)=S)CC1. The second kappa shape index (κ2) is 5.65. The van der Waals surface area contributed by atoms with Gasteiger partial charge in [0.2, 0.25) is 0 Å². The molecule has 1 unspecified atom stereocenters. The molecular formula is C14H19ClN2OS. The van der Waals surface area contributed by atoms with Crippen molar-refractivity contribution in [2.45, 2.75) is 31.8 Å². The molecule has 1 aromatic rings. The summed E-state index contributed by atoms with van der Waals surface area (Å²) in [5.74, 6) is 0. The molecule has 104 valence electrons. The lowest BCUT2D eigenvalue weighted by Crippen LogP contribution is -2.30. The summed E-state index contributed by atoms with van der Waals surface area (Å²) in [5.41, 5.74) is 6.91. The van der Waals surface area contributed by atoms with Gasteiger partial charge in [-0.25, -0.2) is 0 Å². The van der Waals surface area contributed by atoms with Crippen molar-refractivity contribution in [1.82, 2.24) is 0 Å². The standard InChI is InChI=1S/C14H19ClN2OS/c1-14(18)6-3-8-17(9-7-14)11-5-2-4-10(15)12(11)13(16)19/h2,4-5,18H,3,6-9H2,1H3,(H2,16,19). The minimum atomic E-state index is -0.587. The van der Waals surface area contributed by atoms with E-state index in [4.69, 9.17) is 29.6 Å². The largest absolute Gasteiger partial charge is 0.390 e. The summed E-state index contributed by atoms with van der Waals surface area (Å²) in [6, 6.07) is 5.69. The summed E-state index contributed by atoms with van der Waals surface area (Å²) < 4.78 is 0. The zero-order valence-electron chi connectivity index (χ0n) is 11.0. The van der Waals surface area contributed by atoms with Gasteiger partial charge in [-0.05, 0) is 38.3 Å². The van der Waals surface area contributed by atoms with Crippen molar-refractivity contribution >= 4 is 34.5 Å². The van der Waals surface area contributed by atoms with Crippen LogP contribution in [0.2, 0.25) is 5.02 Å². The Labute approximate surface area is 124 Å². The third-order valence-corrected chi connectivity index (χ3v) is 4.16. The highest BCUT2D eigenvalue weighted by Gasteiger charge is 2.26. The van der Waals surface area contributed by atoms with Crippen LogP contribution in [0.3, 0.4) is 0 Å². The Balaban J connectivity index is 2.32. The van der Waals surface area contributed by atoms with Crippen molar-refractivity contribution in [3.8, 4) is 0 Å². The number of rotatable bonds is 2. The van der Waals surface area contributed by atoms with Crippen molar-refractivity contribution in [2.75, 3.05) is 18.0 Å². The lowest BCUT2D eigenvalue weighted by atomic mass is 9.98. The van der Waals surface area contributed by atoms with E-state index in [-0.39, 0.29) is 0 Å². The van der Waals surface area contributed by atoms with Crippen molar-refractivity contribution in [1.29, 1.82) is 0 Å². The van der Waals surface area contributed by atoms with Gasteiger partial charge in [-0.1, -0.05) is 29.9 Å². The van der Waals surface area contributed by atoms with Crippen LogP contribution in [0.25, 0.3) is 0 Å². The fourth-order valence-electron chi connectivity index (χ4n) is 2.52. The first-order valence-corrected chi connectivity index (χ1v) is 7.25. The van der Waals surface area contributed by atoms with Gasteiger partial charge in [0, 0.05) is 18.8 Å². The molecule has 19 heavy (non-hydrogen) atoms. The summed E-state index contributed by atoms with van der Waals surface area (Å²) >= 11 is 11.3. The minimum absolute atomic E-state index is 0.316. The third kappa shape index (κ3) is 3.38. The highest BCUT2D eigenvalue weighted by Crippen LogP contribution is 2.31. The van der Waals surface area contributed by atoms with Gasteiger partial charge in [0.25, 0.3) is 0 Å². The zero-order chi connectivity index (χ0) is 14.0. The van der Waals surface area contributed by atoms with E-state index in [2.05, 4.69) is 4.90 Å². The smallest absolute Gasteiger partial charge is 0.107 e. The molecular weight excluding hydrogens is 280 g/mol. The first-order chi connectivity index (χ1) is 8.91. The van der Waals surface area contributed by atoms with Crippen LogP contribution in [0.5, 0.6) is 0 Å². The Bertz CT molecular complexity index is 490. The maximum absolute atomic E-state index is 10.1. The molecule has 3 nitrogen and oxygen atoms in total. The second-order valence-corrected chi connectivity index (χ2v) is 6.18. The molecule has 1 aliphatic rings. The number of hydrogen-bond donors (Lipinski definition) is 2. The lowest BCUT2D eigenvalue weighted by molar-refractivity contribution is 0.0481. The van der Waals surface area contributed by atoms with Crippen LogP contribution in [0.15, 0.2) is 18.2 Å². The maximum atomic E-state index is 10.1. The molecule has 0 bridgehead atoms. The topological polar surface area (TPSA) is 49.5 Å². The molecule has 0 saturated carbocycles. The number of thiocarbonyl (C=S) groups is 1. The first kappa shape index (κ1) is 14.6. The number of aliphatic hydroxyl groups is 1. The second-order valence-electron chi connectivity index (χ2n) is 5.34. The molecule has 0 spiro atoms. The molecule has 2 rings (SSSR count). The van der Waals surface area contributed by atoms with E-state index in [9.17, 15) is 5.11 Å². The number of hydrogen-bond acceptors (Lipinski definition) is 3. The van der Waals surface area contributed by atoms with Crippen molar-refractivity contribution in [3.05, 3.63) is 28.8 Å². The molecule has 1 aliphatic heterocycles. The van der Waals surface area contributed by atoms with Crippen LogP contribution in [-0.4, -0.2) is 28.8 Å². The number of nitrogens with zero attached hydrogens (tertiary/aromatic N) is 1. The molecule has 0 radical (unpaired) electrons. The third-order valence-electron chi connectivity index (χ3n) is 3.64. The average molecular weight is 299 g/mol. The van der Waals surface area contributed by atoms with Crippen molar-refractivity contribution < 1.29 is 5.11 Å². The quantitative estimate of drug-likeness (QED) is 0.824. The van der Waals surface area contributed by atoms with Crippen LogP contribution in [0, 0.1) is 0 Å². The maximum Gasteiger partial charge on any atom is 0.107 e. The lowest BCUT2D eigenvalue weighted by Gasteiger charge is -2.26. The Morgan fingerprint density at radius 3 is 2.84 bits per heavy atom. The fraction of sp³-hybridized carbons (Fsp3) is 0.500. The van der Waals surface area contributed by atoms with E-state index >= 15 is 0 Å². The first-order valence-electron chi connectivity index (χ1n) is 6.46. The van der Waals surface area contributed by atoms with E-state index in [1.807, 2.05) is 19.1 Å². The predicted molar refractivity (Wildman–Crippen MR) is 84.0 cm³/mol. The number of anilines is 1. The highest BCUT2D eigenvalue weighted by atomic mass is 35.5. The molecule has 0 aromatic heterocycles. The molecule has 0 amide bonds. The van der Waals surface area contributed by atoms with Gasteiger partial charge >= 0.3 is 0 Å². The number of halogens is 1. The van der Waals surface area contributed by atoms with E-state index in [1.54, 1.807) is 6.07 Å². The Kier molecular flexibility index (Phi) is 4.33. The Morgan fingerprint density at radius 2 is 2.16 bits per heavy atom. The molecule has 1 saturated heterocycles. The molecule has 1 fully saturated rings. The van der Waals surface area contributed by atoms with Gasteiger partial charge in [-0.2, -0.15) is 0 Å². The highest BCUT2D eigenvalue weighted by molar-refractivity contribution is 7.80. The molecule has 3 N–H and O–H groups in total. The summed E-state index contributed by atoms with van der Waals surface area (Å²) in [4.78, 5) is 2.53. The summed E-state index contributed by atoms with van der Waals surface area (Å²) in [7, 11) is 0. The molecule has 5 heteroatoms. The fourth-order valence-corrected chi connectivity index (χ4v) is 3.07. The van der Waals surface area contributed by atoms with E-state index < -0.39 is 5.60 Å². The van der Waals surface area contributed by atoms with Crippen LogP contribution < -0.4 is 10.6 Å². The van der Waals surface area contributed by atoms with Gasteiger partial charge in [0.15, 0.2) is 0 Å². The van der Waals surface area contributed by atoms with Gasteiger partial charge < -0.3 is 15.7 Å². The van der Waals surface area contributed by atoms with E-state index in [1.165, 1.54) is 0 Å². The van der Waals surface area contributed by atoms with E-state index in [0.29, 0.717) is 10.0 Å². The van der Waals surface area contributed by atoms with Crippen LogP contribution >= 0.6 is 23.8 Å². The Morgan fingerprint density at radius 1 is 1.42 bits per heavy atom. The van der Waals surface area contributed by atoms with Crippen LogP contribution in [-0.2, 0) is 0 Å². The molecule has 1 atom stereocenters. The van der Waals surface area contributed by atoms with Gasteiger partial charge in [-0.15, -0.1) is 0 Å². The van der Waals surface area contributed by atoms with Crippen molar-refractivity contribution in [2.24, 2.45) is 5.73 Å². The number of nitrogens with two attached hydrogens (primary N) is 1. The van der Waals surface area contributed by atoms with Crippen LogP contribution in [0.1, 0.15) is 31.7 Å². The van der Waals surface area contributed by atoms with Crippen LogP contribution in [0.4, 0.5) is 5.69 Å². The summed E-state index contributed by atoms with van der Waals surface area (Å²) in [6.07, 6.45) is 2.49. The normalized spacial score (nSPS) is 24.1.